The number of nitrogens with two attached hydrogens (primary N) is 1. The first-order valence-electron chi connectivity index (χ1n) is 15.3. The summed E-state index contributed by atoms with van der Waals surface area (Å²) in [6.07, 6.45) is 0.601. The van der Waals surface area contributed by atoms with Crippen molar-refractivity contribution in [3.8, 4) is 0 Å². The van der Waals surface area contributed by atoms with E-state index in [2.05, 4.69) is 16.0 Å². The van der Waals surface area contributed by atoms with E-state index in [1.165, 1.54) is 4.90 Å². The summed E-state index contributed by atoms with van der Waals surface area (Å²) < 4.78 is 0. The SMILES string of the molecule is CC(C)CC(N)C(=O)N1CCCC1C(=O)NC(Cc1ccccc1)C(=O)NC(Cc1ccccc1)C(=O)NC(CC(=O)O)C(=O)O. The zero-order valence-corrected chi connectivity index (χ0v) is 26.1. The number of nitrogens with one attached hydrogen (secondary N) is 3. The van der Waals surface area contributed by atoms with Gasteiger partial charge in [0.1, 0.15) is 24.2 Å². The molecule has 1 heterocycles. The van der Waals surface area contributed by atoms with Gasteiger partial charge < -0.3 is 36.8 Å². The molecule has 0 spiro atoms. The Morgan fingerprint density at radius 2 is 1.30 bits per heavy atom. The molecule has 1 fully saturated rings. The highest BCUT2D eigenvalue weighted by atomic mass is 16.4. The van der Waals surface area contributed by atoms with E-state index >= 15 is 0 Å². The molecular formula is C33H43N5O8. The minimum absolute atomic E-state index is 0.0392. The Morgan fingerprint density at radius 3 is 1.78 bits per heavy atom. The Kier molecular flexibility index (Phi) is 13.2. The molecule has 2 aromatic carbocycles. The summed E-state index contributed by atoms with van der Waals surface area (Å²) in [5.74, 6) is -5.26. The molecule has 2 aromatic rings. The molecule has 13 heteroatoms. The Bertz CT molecular complexity index is 1370. The largest absolute Gasteiger partial charge is 0.481 e. The second-order valence-electron chi connectivity index (χ2n) is 11.9. The molecule has 46 heavy (non-hydrogen) atoms. The standard InChI is InChI=1S/C33H43N5O8/c1-20(2)16-23(34)32(44)38-15-9-14-27(38)31(43)36-25(18-22-12-7-4-8-13-22)29(41)35-24(17-21-10-5-3-6-11-21)30(42)37-26(33(45)46)19-28(39)40/h3-8,10-13,20,23-27H,9,14-19,34H2,1-2H3,(H,35,41)(H,36,43)(H,37,42)(H,39,40)(H,45,46). The molecule has 1 saturated heterocycles. The highest BCUT2D eigenvalue weighted by Crippen LogP contribution is 2.20. The van der Waals surface area contributed by atoms with Crippen LogP contribution in [-0.4, -0.2) is 87.4 Å². The molecule has 0 saturated carbocycles. The molecule has 5 atom stereocenters. The van der Waals surface area contributed by atoms with Crippen LogP contribution in [0.2, 0.25) is 0 Å². The topological polar surface area (TPSA) is 208 Å². The molecule has 5 unspecified atom stereocenters. The van der Waals surface area contributed by atoms with Crippen LogP contribution in [0.4, 0.5) is 0 Å². The fourth-order valence-corrected chi connectivity index (χ4v) is 5.43. The van der Waals surface area contributed by atoms with Crippen molar-refractivity contribution in [1.29, 1.82) is 0 Å². The zero-order chi connectivity index (χ0) is 33.8. The van der Waals surface area contributed by atoms with Crippen molar-refractivity contribution in [2.75, 3.05) is 6.54 Å². The fourth-order valence-electron chi connectivity index (χ4n) is 5.43. The number of carboxylic acids is 2. The molecule has 1 aliphatic rings. The Balaban J connectivity index is 1.85. The van der Waals surface area contributed by atoms with Gasteiger partial charge in [0.15, 0.2) is 0 Å². The number of rotatable bonds is 16. The normalized spacial score (nSPS) is 17.0. The van der Waals surface area contributed by atoms with Crippen molar-refractivity contribution in [1.82, 2.24) is 20.9 Å². The van der Waals surface area contributed by atoms with Crippen molar-refractivity contribution in [2.45, 2.75) is 82.6 Å². The average Bonchev–Trinajstić information content (AvgIpc) is 3.50. The number of hydrogen-bond acceptors (Lipinski definition) is 7. The number of aliphatic carboxylic acids is 2. The van der Waals surface area contributed by atoms with Crippen LogP contribution in [-0.2, 0) is 41.6 Å². The van der Waals surface area contributed by atoms with E-state index in [0.29, 0.717) is 31.4 Å². The maximum atomic E-state index is 13.8. The lowest BCUT2D eigenvalue weighted by molar-refractivity contribution is -0.147. The number of nitrogens with zero attached hydrogens (tertiary/aromatic N) is 1. The zero-order valence-electron chi connectivity index (χ0n) is 26.1. The summed E-state index contributed by atoms with van der Waals surface area (Å²) in [4.78, 5) is 78.2. The van der Waals surface area contributed by atoms with Gasteiger partial charge in [0, 0.05) is 19.4 Å². The van der Waals surface area contributed by atoms with Crippen molar-refractivity contribution < 1.29 is 39.0 Å². The van der Waals surface area contributed by atoms with Gasteiger partial charge >= 0.3 is 11.9 Å². The first kappa shape index (κ1) is 35.7. The molecule has 1 aliphatic heterocycles. The van der Waals surface area contributed by atoms with Crippen LogP contribution in [0.3, 0.4) is 0 Å². The third kappa shape index (κ3) is 10.7. The Hall–Kier alpha value is -4.78. The van der Waals surface area contributed by atoms with Crippen LogP contribution >= 0.6 is 0 Å². The first-order chi connectivity index (χ1) is 21.8. The first-order valence-corrected chi connectivity index (χ1v) is 15.3. The molecule has 7 N–H and O–H groups in total. The van der Waals surface area contributed by atoms with Crippen molar-refractivity contribution in [3.63, 3.8) is 0 Å². The van der Waals surface area contributed by atoms with Gasteiger partial charge in [-0.1, -0.05) is 74.5 Å². The highest BCUT2D eigenvalue weighted by molar-refractivity contribution is 5.96. The third-order valence-corrected chi connectivity index (χ3v) is 7.71. The predicted molar refractivity (Wildman–Crippen MR) is 168 cm³/mol. The second kappa shape index (κ2) is 17.1. The quantitative estimate of drug-likeness (QED) is 0.154. The van der Waals surface area contributed by atoms with Gasteiger partial charge in [0.05, 0.1) is 12.5 Å². The summed E-state index contributed by atoms with van der Waals surface area (Å²) in [5, 5.41) is 26.2. The number of carbonyl (C=O) groups is 6. The van der Waals surface area contributed by atoms with Crippen molar-refractivity contribution >= 4 is 35.6 Å². The maximum Gasteiger partial charge on any atom is 0.326 e. The van der Waals surface area contributed by atoms with E-state index in [9.17, 15) is 33.9 Å². The molecule has 4 amide bonds. The van der Waals surface area contributed by atoms with Crippen LogP contribution < -0.4 is 21.7 Å². The van der Waals surface area contributed by atoms with E-state index in [1.54, 1.807) is 60.7 Å². The lowest BCUT2D eigenvalue weighted by Crippen LogP contribution is -2.59. The smallest absolute Gasteiger partial charge is 0.326 e. The van der Waals surface area contributed by atoms with E-state index < -0.39 is 66.3 Å². The van der Waals surface area contributed by atoms with Crippen molar-refractivity contribution in [2.24, 2.45) is 11.7 Å². The minimum atomic E-state index is -1.73. The predicted octanol–water partition coefficient (Wildman–Crippen LogP) is 0.850. The van der Waals surface area contributed by atoms with E-state index in [4.69, 9.17) is 10.8 Å². The van der Waals surface area contributed by atoms with Crippen molar-refractivity contribution in [3.05, 3.63) is 71.8 Å². The van der Waals surface area contributed by atoms with E-state index in [1.807, 2.05) is 13.8 Å². The molecule has 0 aromatic heterocycles. The fraction of sp³-hybridized carbons (Fsp3) is 0.455. The van der Waals surface area contributed by atoms with Crippen LogP contribution in [0.25, 0.3) is 0 Å². The minimum Gasteiger partial charge on any atom is -0.481 e. The summed E-state index contributed by atoms with van der Waals surface area (Å²) in [5.41, 5.74) is 7.51. The summed E-state index contributed by atoms with van der Waals surface area (Å²) in [7, 11) is 0. The second-order valence-corrected chi connectivity index (χ2v) is 11.9. The molecule has 0 radical (unpaired) electrons. The number of likely N-dealkylation sites (tertiary alicyclic amines) is 1. The summed E-state index contributed by atoms with van der Waals surface area (Å²) >= 11 is 0. The van der Waals surface area contributed by atoms with Gasteiger partial charge in [-0.25, -0.2) is 4.79 Å². The highest BCUT2D eigenvalue weighted by Gasteiger charge is 2.38. The lowest BCUT2D eigenvalue weighted by atomic mass is 10.0. The summed E-state index contributed by atoms with van der Waals surface area (Å²) in [6, 6.07) is 11.8. The number of carbonyl (C=O) groups excluding carboxylic acids is 4. The van der Waals surface area contributed by atoms with Gasteiger partial charge in [-0.2, -0.15) is 0 Å². The molecule has 3 rings (SSSR count). The Labute approximate surface area is 267 Å². The van der Waals surface area contributed by atoms with Gasteiger partial charge in [-0.05, 0) is 36.3 Å². The van der Waals surface area contributed by atoms with Crippen LogP contribution in [0.1, 0.15) is 50.7 Å². The van der Waals surface area contributed by atoms with Crippen LogP contribution in [0.5, 0.6) is 0 Å². The van der Waals surface area contributed by atoms with Gasteiger partial charge in [-0.15, -0.1) is 0 Å². The molecule has 0 bridgehead atoms. The summed E-state index contributed by atoms with van der Waals surface area (Å²) in [6.45, 7) is 4.26. The van der Waals surface area contributed by atoms with Gasteiger partial charge in [0.2, 0.25) is 23.6 Å². The molecule has 13 nitrogen and oxygen atoms in total. The number of benzene rings is 2. The van der Waals surface area contributed by atoms with E-state index in [-0.39, 0.29) is 24.7 Å². The number of hydrogen-bond donors (Lipinski definition) is 6. The van der Waals surface area contributed by atoms with Gasteiger partial charge in [0.25, 0.3) is 0 Å². The van der Waals surface area contributed by atoms with Crippen LogP contribution in [0.15, 0.2) is 60.7 Å². The molecule has 0 aliphatic carbocycles. The lowest BCUT2D eigenvalue weighted by Gasteiger charge is -2.29. The Morgan fingerprint density at radius 1 is 0.804 bits per heavy atom. The maximum absolute atomic E-state index is 13.8. The monoisotopic (exact) mass is 637 g/mol. The molecule has 248 valence electrons. The third-order valence-electron chi connectivity index (χ3n) is 7.71. The number of carboxylic acid groups (broad SMARTS) is 2. The van der Waals surface area contributed by atoms with Crippen LogP contribution in [0, 0.1) is 5.92 Å². The van der Waals surface area contributed by atoms with Gasteiger partial charge in [-0.3, -0.25) is 24.0 Å². The van der Waals surface area contributed by atoms with E-state index in [0.717, 1.165) is 5.56 Å². The molecular weight excluding hydrogens is 594 g/mol. The number of amides is 4. The average molecular weight is 638 g/mol.